The van der Waals surface area contributed by atoms with E-state index < -0.39 is 17.2 Å². The van der Waals surface area contributed by atoms with Gasteiger partial charge >= 0.3 is 0 Å². The predicted octanol–water partition coefficient (Wildman–Crippen LogP) is 2.60. The quantitative estimate of drug-likeness (QED) is 0.882. The molecule has 2 nitrogen and oxygen atoms in total. The fourth-order valence-corrected chi connectivity index (χ4v) is 3.42. The summed E-state index contributed by atoms with van der Waals surface area (Å²) in [5.74, 6) is -0.989. The topological polar surface area (TPSA) is 38.0 Å². The molecule has 1 atom stereocenters. The van der Waals surface area contributed by atoms with Crippen LogP contribution in [0, 0.1) is 11.6 Å². The number of hydrogen-bond donors (Lipinski definition) is 2. The van der Waals surface area contributed by atoms with Crippen molar-refractivity contribution in [1.29, 1.82) is 0 Å². The molecule has 1 aromatic carbocycles. The third-order valence-corrected chi connectivity index (χ3v) is 4.58. The Morgan fingerprint density at radius 2 is 2.00 bits per heavy atom. The van der Waals surface area contributed by atoms with Crippen molar-refractivity contribution in [2.24, 2.45) is 5.73 Å². The number of nitrogens with one attached hydrogen (secondary N) is 1. The summed E-state index contributed by atoms with van der Waals surface area (Å²) in [7, 11) is 0. The summed E-state index contributed by atoms with van der Waals surface area (Å²) in [5.41, 5.74) is 7.01. The zero-order valence-corrected chi connectivity index (χ0v) is 11.0. The lowest BCUT2D eigenvalue weighted by Gasteiger charge is -2.28. The van der Waals surface area contributed by atoms with Gasteiger partial charge in [-0.05, 0) is 42.9 Å². The second kappa shape index (κ2) is 4.84. The molecule has 0 heterocycles. The molecule has 0 radical (unpaired) electrons. The zero-order chi connectivity index (χ0) is 13.5. The highest BCUT2D eigenvalue weighted by atomic mass is 19.1. The minimum atomic E-state index is -0.624. The fourth-order valence-electron chi connectivity index (χ4n) is 3.42. The molecule has 2 aliphatic carbocycles. The highest BCUT2D eigenvalue weighted by Crippen LogP contribution is 2.36. The van der Waals surface area contributed by atoms with Crippen LogP contribution in [-0.4, -0.2) is 12.6 Å². The van der Waals surface area contributed by atoms with Gasteiger partial charge in [-0.3, -0.25) is 0 Å². The first-order valence-corrected chi connectivity index (χ1v) is 7.09. The first-order chi connectivity index (χ1) is 9.08. The normalized spacial score (nSPS) is 26.9. The predicted molar refractivity (Wildman–Crippen MR) is 70.8 cm³/mol. The lowest BCUT2D eigenvalue weighted by molar-refractivity contribution is 0.373. The fraction of sp³-hybridized carbons (Fsp3) is 0.600. The van der Waals surface area contributed by atoms with Crippen LogP contribution in [0.4, 0.5) is 8.78 Å². The van der Waals surface area contributed by atoms with Gasteiger partial charge < -0.3 is 11.1 Å². The Kier molecular flexibility index (Phi) is 3.31. The van der Waals surface area contributed by atoms with Crippen molar-refractivity contribution < 1.29 is 8.78 Å². The molecule has 1 aromatic rings. The van der Waals surface area contributed by atoms with Gasteiger partial charge in [-0.15, -0.1) is 0 Å². The van der Waals surface area contributed by atoms with Gasteiger partial charge in [0.25, 0.3) is 0 Å². The Labute approximate surface area is 112 Å². The van der Waals surface area contributed by atoms with Crippen LogP contribution in [0.25, 0.3) is 0 Å². The van der Waals surface area contributed by atoms with Gasteiger partial charge in [0, 0.05) is 18.7 Å². The second-order valence-electron chi connectivity index (χ2n) is 5.93. The molecular formula is C15H20F2N2. The van der Waals surface area contributed by atoms with Crippen LogP contribution < -0.4 is 11.1 Å². The molecule has 3 rings (SSSR count). The molecule has 2 aliphatic rings. The maximum atomic E-state index is 13.7. The standard InChI is InChI=1S/C15H20F2N2/c16-10-7-13-12(14(17)8-10)5-6-15(13,18)9-19-11-3-1-2-4-11/h7-8,11,19H,1-6,9,18H2. The molecule has 4 heteroatoms. The average Bonchev–Trinajstić information content (AvgIpc) is 2.97. The summed E-state index contributed by atoms with van der Waals surface area (Å²) in [6.45, 7) is 0.605. The molecular weight excluding hydrogens is 246 g/mol. The van der Waals surface area contributed by atoms with E-state index in [0.29, 0.717) is 36.6 Å². The smallest absolute Gasteiger partial charge is 0.129 e. The van der Waals surface area contributed by atoms with Crippen molar-refractivity contribution in [3.05, 3.63) is 34.9 Å². The van der Waals surface area contributed by atoms with Crippen LogP contribution in [0.1, 0.15) is 43.2 Å². The van der Waals surface area contributed by atoms with Crippen LogP contribution >= 0.6 is 0 Å². The second-order valence-corrected chi connectivity index (χ2v) is 5.93. The largest absolute Gasteiger partial charge is 0.320 e. The monoisotopic (exact) mass is 266 g/mol. The highest BCUT2D eigenvalue weighted by molar-refractivity contribution is 5.40. The lowest BCUT2D eigenvalue weighted by Crippen LogP contribution is -2.46. The van der Waals surface area contributed by atoms with Crippen LogP contribution in [0.5, 0.6) is 0 Å². The summed E-state index contributed by atoms with van der Waals surface area (Å²) < 4.78 is 27.1. The van der Waals surface area contributed by atoms with Gasteiger partial charge in [-0.25, -0.2) is 8.78 Å². The highest BCUT2D eigenvalue weighted by Gasteiger charge is 2.37. The number of halogens is 2. The minimum Gasteiger partial charge on any atom is -0.320 e. The molecule has 1 unspecified atom stereocenters. The molecule has 1 saturated carbocycles. The molecule has 3 N–H and O–H groups in total. The van der Waals surface area contributed by atoms with Gasteiger partial charge in [0.1, 0.15) is 11.6 Å². The van der Waals surface area contributed by atoms with Crippen molar-refractivity contribution >= 4 is 0 Å². The van der Waals surface area contributed by atoms with E-state index in [9.17, 15) is 8.78 Å². The van der Waals surface area contributed by atoms with Crippen LogP contribution in [-0.2, 0) is 12.0 Å². The van der Waals surface area contributed by atoms with E-state index >= 15 is 0 Å². The third kappa shape index (κ3) is 2.39. The molecule has 19 heavy (non-hydrogen) atoms. The summed E-state index contributed by atoms with van der Waals surface area (Å²) in [6.07, 6.45) is 6.16. The van der Waals surface area contributed by atoms with Crippen molar-refractivity contribution in [1.82, 2.24) is 5.32 Å². The zero-order valence-electron chi connectivity index (χ0n) is 11.0. The molecule has 0 aromatic heterocycles. The van der Waals surface area contributed by atoms with Gasteiger partial charge in [0.15, 0.2) is 0 Å². The maximum Gasteiger partial charge on any atom is 0.129 e. The van der Waals surface area contributed by atoms with Crippen molar-refractivity contribution in [3.8, 4) is 0 Å². The first-order valence-electron chi connectivity index (χ1n) is 7.09. The minimum absolute atomic E-state index is 0.455. The van der Waals surface area contributed by atoms with Gasteiger partial charge in [0.2, 0.25) is 0 Å². The number of rotatable bonds is 3. The third-order valence-electron chi connectivity index (χ3n) is 4.58. The lowest BCUT2D eigenvalue weighted by atomic mass is 9.92. The Bertz CT molecular complexity index is 483. The van der Waals surface area contributed by atoms with Crippen molar-refractivity contribution in [3.63, 3.8) is 0 Å². The van der Waals surface area contributed by atoms with E-state index in [4.69, 9.17) is 5.73 Å². The van der Waals surface area contributed by atoms with E-state index in [1.807, 2.05) is 0 Å². The molecule has 0 aliphatic heterocycles. The summed E-state index contributed by atoms with van der Waals surface area (Å²) >= 11 is 0. The van der Waals surface area contributed by atoms with Crippen LogP contribution in [0.15, 0.2) is 12.1 Å². The number of fused-ring (bicyclic) bond motifs is 1. The number of benzene rings is 1. The summed E-state index contributed by atoms with van der Waals surface area (Å²) in [6, 6.07) is 2.87. The molecule has 0 bridgehead atoms. The van der Waals surface area contributed by atoms with E-state index in [-0.39, 0.29) is 0 Å². The molecule has 0 spiro atoms. The molecule has 0 amide bonds. The Hall–Kier alpha value is -1.00. The van der Waals surface area contributed by atoms with E-state index in [2.05, 4.69) is 5.32 Å². The van der Waals surface area contributed by atoms with Gasteiger partial charge in [-0.1, -0.05) is 12.8 Å². The van der Waals surface area contributed by atoms with Gasteiger partial charge in [0.05, 0.1) is 5.54 Å². The summed E-state index contributed by atoms with van der Waals surface area (Å²) in [4.78, 5) is 0. The van der Waals surface area contributed by atoms with E-state index in [1.165, 1.54) is 31.7 Å². The molecule has 104 valence electrons. The van der Waals surface area contributed by atoms with E-state index in [0.717, 1.165) is 6.07 Å². The molecule has 1 fully saturated rings. The van der Waals surface area contributed by atoms with E-state index in [1.54, 1.807) is 0 Å². The van der Waals surface area contributed by atoms with Crippen molar-refractivity contribution in [2.75, 3.05) is 6.54 Å². The maximum absolute atomic E-state index is 13.7. The Morgan fingerprint density at radius 1 is 1.26 bits per heavy atom. The summed E-state index contributed by atoms with van der Waals surface area (Å²) in [5, 5.41) is 3.47. The Balaban J connectivity index is 1.79. The van der Waals surface area contributed by atoms with Gasteiger partial charge in [-0.2, -0.15) is 0 Å². The number of nitrogens with two attached hydrogens (primary N) is 1. The number of hydrogen-bond acceptors (Lipinski definition) is 2. The van der Waals surface area contributed by atoms with Crippen molar-refractivity contribution in [2.45, 2.75) is 50.1 Å². The van der Waals surface area contributed by atoms with Crippen LogP contribution in [0.2, 0.25) is 0 Å². The SMILES string of the molecule is NC1(CNC2CCCC2)CCc2c(F)cc(F)cc21. The Morgan fingerprint density at radius 3 is 2.74 bits per heavy atom. The first kappa shape index (κ1) is 13.0. The molecule has 0 saturated heterocycles. The average molecular weight is 266 g/mol. The van der Waals surface area contributed by atoms with Crippen LogP contribution in [0.3, 0.4) is 0 Å².